The van der Waals surface area contributed by atoms with Crippen LogP contribution in [-0.4, -0.2) is 23.0 Å². The van der Waals surface area contributed by atoms with Gasteiger partial charge < -0.3 is 5.73 Å². The minimum Gasteiger partial charge on any atom is -0.375 e. The predicted octanol–water partition coefficient (Wildman–Crippen LogP) is 2.71. The van der Waals surface area contributed by atoms with Gasteiger partial charge in [-0.1, -0.05) is 24.3 Å². The minimum absolute atomic E-state index is 0.623. The molecule has 0 spiro atoms. The lowest BCUT2D eigenvalue weighted by Crippen LogP contribution is -2.35. The molecule has 1 aliphatic carbocycles. The van der Waals surface area contributed by atoms with E-state index in [2.05, 4.69) is 41.2 Å². The van der Waals surface area contributed by atoms with Crippen molar-refractivity contribution in [3.8, 4) is 0 Å². The zero-order chi connectivity index (χ0) is 13.2. The van der Waals surface area contributed by atoms with Gasteiger partial charge in [-0.15, -0.1) is 11.3 Å². The molecule has 1 atom stereocenters. The van der Waals surface area contributed by atoms with Gasteiger partial charge in [-0.05, 0) is 37.4 Å². The summed E-state index contributed by atoms with van der Waals surface area (Å²) in [6.45, 7) is 0.946. The Morgan fingerprint density at radius 2 is 2.16 bits per heavy atom. The van der Waals surface area contributed by atoms with Crippen molar-refractivity contribution in [2.75, 3.05) is 12.8 Å². The topological polar surface area (TPSA) is 42.2 Å². The summed E-state index contributed by atoms with van der Waals surface area (Å²) in [6, 6.07) is 9.43. The van der Waals surface area contributed by atoms with E-state index in [-0.39, 0.29) is 0 Å². The Balaban J connectivity index is 1.67. The number of thiazole rings is 1. The number of rotatable bonds is 3. The van der Waals surface area contributed by atoms with E-state index in [9.17, 15) is 0 Å². The highest BCUT2D eigenvalue weighted by Gasteiger charge is 2.22. The number of aryl methyl sites for hydroxylation is 1. The first kappa shape index (κ1) is 12.6. The van der Waals surface area contributed by atoms with Crippen LogP contribution in [0.1, 0.15) is 22.4 Å². The Kier molecular flexibility index (Phi) is 3.53. The maximum absolute atomic E-state index is 5.68. The van der Waals surface area contributed by atoms with Crippen molar-refractivity contribution in [3.05, 3.63) is 46.5 Å². The standard InChI is InChI=1S/C15H19N3S/c1-18(10-14-9-17-15(16)19-14)13-7-6-11-4-2-3-5-12(11)8-13/h2-5,9,13H,6-8,10H2,1H3,(H2,16,17). The van der Waals surface area contributed by atoms with Gasteiger partial charge in [0, 0.05) is 23.7 Å². The van der Waals surface area contributed by atoms with Crippen LogP contribution in [0.25, 0.3) is 0 Å². The fraction of sp³-hybridized carbons (Fsp3) is 0.400. The lowest BCUT2D eigenvalue weighted by atomic mass is 9.88. The number of benzene rings is 1. The Morgan fingerprint density at radius 1 is 1.37 bits per heavy atom. The third-order valence-electron chi connectivity index (χ3n) is 3.92. The lowest BCUT2D eigenvalue weighted by molar-refractivity contribution is 0.215. The van der Waals surface area contributed by atoms with Gasteiger partial charge in [0.05, 0.1) is 0 Å². The van der Waals surface area contributed by atoms with E-state index in [1.54, 1.807) is 11.3 Å². The summed E-state index contributed by atoms with van der Waals surface area (Å²) in [5.74, 6) is 0. The van der Waals surface area contributed by atoms with Crippen molar-refractivity contribution in [2.45, 2.75) is 31.8 Å². The van der Waals surface area contributed by atoms with Crippen molar-refractivity contribution < 1.29 is 0 Å². The van der Waals surface area contributed by atoms with Crippen LogP contribution in [0.15, 0.2) is 30.5 Å². The molecule has 3 rings (SSSR count). The molecule has 100 valence electrons. The fourth-order valence-electron chi connectivity index (χ4n) is 2.83. The summed E-state index contributed by atoms with van der Waals surface area (Å²) in [5, 5.41) is 0.664. The fourth-order valence-corrected chi connectivity index (χ4v) is 3.57. The molecule has 0 saturated heterocycles. The SMILES string of the molecule is CN(Cc1cnc(N)s1)C1CCc2ccccc2C1. The van der Waals surface area contributed by atoms with Gasteiger partial charge >= 0.3 is 0 Å². The van der Waals surface area contributed by atoms with Gasteiger partial charge in [0.2, 0.25) is 0 Å². The zero-order valence-corrected chi connectivity index (χ0v) is 12.0. The Hall–Kier alpha value is -1.39. The highest BCUT2D eigenvalue weighted by molar-refractivity contribution is 7.15. The second-order valence-electron chi connectivity index (χ2n) is 5.25. The van der Waals surface area contributed by atoms with Gasteiger partial charge in [0.1, 0.15) is 0 Å². The molecular weight excluding hydrogens is 254 g/mol. The molecule has 0 saturated carbocycles. The van der Waals surface area contributed by atoms with Crippen LogP contribution in [0.3, 0.4) is 0 Å². The molecule has 2 aromatic rings. The molecule has 19 heavy (non-hydrogen) atoms. The number of nitrogens with two attached hydrogens (primary N) is 1. The highest BCUT2D eigenvalue weighted by atomic mass is 32.1. The van der Waals surface area contributed by atoms with Crippen LogP contribution in [-0.2, 0) is 19.4 Å². The first-order chi connectivity index (χ1) is 9.22. The second-order valence-corrected chi connectivity index (χ2v) is 6.39. The van der Waals surface area contributed by atoms with E-state index in [4.69, 9.17) is 5.73 Å². The number of anilines is 1. The van der Waals surface area contributed by atoms with Gasteiger partial charge in [0.25, 0.3) is 0 Å². The summed E-state index contributed by atoms with van der Waals surface area (Å²) in [4.78, 5) is 7.80. The third-order valence-corrected chi connectivity index (χ3v) is 4.73. The van der Waals surface area contributed by atoms with E-state index in [0.717, 1.165) is 13.0 Å². The van der Waals surface area contributed by atoms with Gasteiger partial charge in [0.15, 0.2) is 5.13 Å². The molecule has 3 nitrogen and oxygen atoms in total. The summed E-state index contributed by atoms with van der Waals surface area (Å²) >= 11 is 1.59. The molecule has 2 N–H and O–H groups in total. The molecule has 0 fully saturated rings. The summed E-state index contributed by atoms with van der Waals surface area (Å²) in [6.07, 6.45) is 5.48. The lowest BCUT2D eigenvalue weighted by Gasteiger charge is -2.32. The van der Waals surface area contributed by atoms with Crippen LogP contribution in [0.5, 0.6) is 0 Å². The predicted molar refractivity (Wildman–Crippen MR) is 80.2 cm³/mol. The van der Waals surface area contributed by atoms with Gasteiger partial charge in [-0.25, -0.2) is 4.98 Å². The van der Waals surface area contributed by atoms with Crippen molar-refractivity contribution in [1.82, 2.24) is 9.88 Å². The maximum Gasteiger partial charge on any atom is 0.180 e. The number of likely N-dealkylation sites (N-methyl/N-ethyl adjacent to an activating group) is 1. The zero-order valence-electron chi connectivity index (χ0n) is 11.2. The third kappa shape index (κ3) is 2.80. The molecule has 1 aromatic heterocycles. The molecule has 0 amide bonds. The quantitative estimate of drug-likeness (QED) is 0.935. The smallest absolute Gasteiger partial charge is 0.180 e. The number of fused-ring (bicyclic) bond motifs is 1. The Bertz CT molecular complexity index is 564. The molecule has 0 radical (unpaired) electrons. The summed E-state index contributed by atoms with van der Waals surface area (Å²) in [5.41, 5.74) is 8.72. The van der Waals surface area contributed by atoms with Crippen LogP contribution >= 0.6 is 11.3 Å². The molecule has 1 aliphatic rings. The molecule has 0 bridgehead atoms. The minimum atomic E-state index is 0.623. The average molecular weight is 273 g/mol. The number of aromatic nitrogens is 1. The van der Waals surface area contributed by atoms with Crippen LogP contribution in [0, 0.1) is 0 Å². The number of nitrogen functional groups attached to an aromatic ring is 1. The second kappa shape index (κ2) is 5.31. The molecule has 1 aromatic carbocycles. The normalized spacial score (nSPS) is 18.5. The Morgan fingerprint density at radius 3 is 2.89 bits per heavy atom. The number of hydrogen-bond donors (Lipinski definition) is 1. The van der Waals surface area contributed by atoms with E-state index in [0.29, 0.717) is 11.2 Å². The summed E-state index contributed by atoms with van der Waals surface area (Å²) in [7, 11) is 2.20. The van der Waals surface area contributed by atoms with E-state index >= 15 is 0 Å². The summed E-state index contributed by atoms with van der Waals surface area (Å²) < 4.78 is 0. The molecule has 4 heteroatoms. The molecular formula is C15H19N3S. The van der Waals surface area contributed by atoms with Crippen molar-refractivity contribution in [3.63, 3.8) is 0 Å². The van der Waals surface area contributed by atoms with E-state index < -0.39 is 0 Å². The first-order valence-electron chi connectivity index (χ1n) is 6.69. The van der Waals surface area contributed by atoms with E-state index in [1.807, 2.05) is 6.20 Å². The van der Waals surface area contributed by atoms with Crippen LogP contribution in [0.4, 0.5) is 5.13 Å². The molecule has 1 unspecified atom stereocenters. The monoisotopic (exact) mass is 273 g/mol. The van der Waals surface area contributed by atoms with E-state index in [1.165, 1.54) is 28.8 Å². The van der Waals surface area contributed by atoms with Crippen LogP contribution < -0.4 is 5.73 Å². The highest BCUT2D eigenvalue weighted by Crippen LogP contribution is 2.25. The van der Waals surface area contributed by atoms with Crippen molar-refractivity contribution >= 4 is 16.5 Å². The van der Waals surface area contributed by atoms with Gasteiger partial charge in [-0.2, -0.15) is 0 Å². The first-order valence-corrected chi connectivity index (χ1v) is 7.51. The molecule has 0 aliphatic heterocycles. The van der Waals surface area contributed by atoms with Gasteiger partial charge in [-0.3, -0.25) is 4.90 Å². The average Bonchev–Trinajstić information content (AvgIpc) is 2.83. The Labute approximate surface area is 118 Å². The maximum atomic E-state index is 5.68. The molecule has 1 heterocycles. The van der Waals surface area contributed by atoms with Crippen molar-refractivity contribution in [2.24, 2.45) is 0 Å². The van der Waals surface area contributed by atoms with Crippen LogP contribution in [0.2, 0.25) is 0 Å². The number of nitrogens with zero attached hydrogens (tertiary/aromatic N) is 2. The van der Waals surface area contributed by atoms with Crippen molar-refractivity contribution in [1.29, 1.82) is 0 Å². The largest absolute Gasteiger partial charge is 0.375 e. The number of hydrogen-bond acceptors (Lipinski definition) is 4.